The van der Waals surface area contributed by atoms with Crippen molar-refractivity contribution in [3.8, 4) is 0 Å². The Morgan fingerprint density at radius 2 is 1.54 bits per heavy atom. The zero-order chi connectivity index (χ0) is 59.0. The number of anilines is 3. The minimum Gasteiger partial charge on any atom is -0.480 e. The second-order valence-electron chi connectivity index (χ2n) is 19.3. The van der Waals surface area contributed by atoms with Gasteiger partial charge < -0.3 is 66.5 Å². The normalized spacial score (nSPS) is 12.2. The van der Waals surface area contributed by atoms with E-state index in [2.05, 4.69) is 71.9 Å². The average molecular weight is 1180 g/mol. The molecule has 12 N–H and O–H groups in total. The average Bonchev–Trinajstić information content (AvgIpc) is 4.08. The van der Waals surface area contributed by atoms with Gasteiger partial charge in [0.15, 0.2) is 17.0 Å². The molecule has 82 heavy (non-hydrogen) atoms. The van der Waals surface area contributed by atoms with Crippen LogP contribution in [-0.2, 0) is 57.6 Å². The number of aromatic amines is 1. The molecule has 0 aliphatic heterocycles. The fraction of sp³-hybridized carbons (Fsp3) is 0.472. The summed E-state index contributed by atoms with van der Waals surface area (Å²) < 4.78 is 24.0. The summed E-state index contributed by atoms with van der Waals surface area (Å²) in [6, 6.07) is 11.4. The van der Waals surface area contributed by atoms with Gasteiger partial charge in [-0.15, -0.1) is 0 Å². The van der Waals surface area contributed by atoms with Crippen molar-refractivity contribution in [3.63, 3.8) is 0 Å². The number of nitrogens with zero attached hydrogens (tertiary/aromatic N) is 6. The van der Waals surface area contributed by atoms with Crippen LogP contribution in [0.3, 0.4) is 0 Å². The molecule has 2 aromatic carbocycles. The summed E-state index contributed by atoms with van der Waals surface area (Å²) in [5.74, 6) is -2.54. The number of hydrogen-bond donors (Lipinski definition) is 10. The zero-order valence-corrected chi connectivity index (χ0v) is 47.5. The van der Waals surface area contributed by atoms with Gasteiger partial charge in [0, 0.05) is 60.5 Å². The van der Waals surface area contributed by atoms with Crippen molar-refractivity contribution < 1.29 is 57.9 Å². The summed E-state index contributed by atoms with van der Waals surface area (Å²) in [6.45, 7) is 8.83. The number of aromatic nitrogens is 7. The molecule has 4 amide bonds. The molecular formula is C53H70N14O13S2. The maximum Gasteiger partial charge on any atom is 0.412 e. The number of carbonyl (C=O) groups excluding carboxylic acids is 4. The number of carbonyl (C=O) groups is 6. The smallest absolute Gasteiger partial charge is 0.412 e. The van der Waals surface area contributed by atoms with Crippen LogP contribution in [0, 0.1) is 5.41 Å². The molecule has 6 aromatic rings. The van der Waals surface area contributed by atoms with Gasteiger partial charge in [0.05, 0.1) is 69.1 Å². The van der Waals surface area contributed by atoms with Crippen LogP contribution in [0.1, 0.15) is 74.8 Å². The lowest BCUT2D eigenvalue weighted by molar-refractivity contribution is -0.141. The van der Waals surface area contributed by atoms with Crippen LogP contribution in [0.25, 0.3) is 33.1 Å². The Bertz CT molecular complexity index is 3200. The number of carboxylic acids is 2. The number of hydrogen-bond acceptors (Lipinski definition) is 21. The molecule has 6 rings (SSSR count). The van der Waals surface area contributed by atoms with Gasteiger partial charge in [0.25, 0.3) is 11.5 Å². The zero-order valence-electron chi connectivity index (χ0n) is 45.8. The summed E-state index contributed by atoms with van der Waals surface area (Å²) in [5, 5.41) is 33.8. The number of nitrogen functional groups attached to an aromatic ring is 1. The van der Waals surface area contributed by atoms with E-state index in [4.69, 9.17) is 40.4 Å². The van der Waals surface area contributed by atoms with Crippen molar-refractivity contribution >= 4 is 108 Å². The van der Waals surface area contributed by atoms with Gasteiger partial charge in [0.1, 0.15) is 30.0 Å². The summed E-state index contributed by atoms with van der Waals surface area (Å²) in [5.41, 5.74) is 14.5. The molecule has 0 aliphatic carbocycles. The van der Waals surface area contributed by atoms with Gasteiger partial charge in [-0.05, 0) is 55.1 Å². The molecule has 0 aliphatic rings. The number of carboxylic acid groups (broad SMARTS) is 2. The Balaban J connectivity index is 0.769. The number of imidazole rings is 1. The number of aryl methyl sites for hydroxylation is 1. The molecule has 4 heterocycles. The summed E-state index contributed by atoms with van der Waals surface area (Å²) >= 11 is 0. The lowest BCUT2D eigenvalue weighted by Crippen LogP contribution is -2.42. The van der Waals surface area contributed by atoms with E-state index in [1.165, 1.54) is 39.9 Å². The van der Waals surface area contributed by atoms with Crippen molar-refractivity contribution in [1.82, 2.24) is 50.4 Å². The quantitative estimate of drug-likeness (QED) is 0.0197. The van der Waals surface area contributed by atoms with Crippen LogP contribution in [0.2, 0.25) is 0 Å². The monoisotopic (exact) mass is 1170 g/mol. The SMILES string of the molecule is CCCCc1nc2c(NC(=O)OCCSSC[C@H](NC(=O)CCOCCOCCOCCNC(=O)CCC(NC(=O)c3ccc(NCc4cnc5nc(N)[nH]c(=O)c5n4)cc3)C(=O)O)C(=O)O)nc3ccccc3c2n1CC(C)(C)CN. The van der Waals surface area contributed by atoms with Crippen molar-refractivity contribution in [3.05, 3.63) is 82.2 Å². The van der Waals surface area contributed by atoms with E-state index in [1.807, 2.05) is 24.3 Å². The summed E-state index contributed by atoms with van der Waals surface area (Å²) in [4.78, 5) is 111. The first-order valence-corrected chi connectivity index (χ1v) is 29.0. The Labute approximate surface area is 479 Å². The first-order valence-electron chi connectivity index (χ1n) is 26.5. The molecule has 0 spiro atoms. The third-order valence-corrected chi connectivity index (χ3v) is 14.7. The van der Waals surface area contributed by atoms with E-state index < -0.39 is 53.4 Å². The number of rotatable bonds is 36. The molecule has 0 bridgehead atoms. The molecule has 442 valence electrons. The largest absolute Gasteiger partial charge is 0.480 e. The fourth-order valence-corrected chi connectivity index (χ4v) is 9.88. The fourth-order valence-electron chi connectivity index (χ4n) is 7.90. The van der Waals surface area contributed by atoms with Crippen LogP contribution >= 0.6 is 21.6 Å². The second-order valence-corrected chi connectivity index (χ2v) is 22.0. The molecule has 0 radical (unpaired) electrons. The van der Waals surface area contributed by atoms with Gasteiger partial charge in [0.2, 0.25) is 17.8 Å². The highest BCUT2D eigenvalue weighted by atomic mass is 33.1. The number of pyridine rings is 1. The molecule has 27 nitrogen and oxygen atoms in total. The summed E-state index contributed by atoms with van der Waals surface area (Å²) in [6.07, 6.45) is 3.03. The number of fused-ring (bicyclic) bond motifs is 4. The highest BCUT2D eigenvalue weighted by Gasteiger charge is 2.26. The van der Waals surface area contributed by atoms with Crippen LogP contribution in [-0.4, -0.2) is 163 Å². The first-order chi connectivity index (χ1) is 39.4. The lowest BCUT2D eigenvalue weighted by atomic mass is 9.93. The number of H-pyrrole nitrogens is 1. The Morgan fingerprint density at radius 3 is 2.26 bits per heavy atom. The number of amides is 4. The van der Waals surface area contributed by atoms with E-state index in [0.717, 1.165) is 36.0 Å². The van der Waals surface area contributed by atoms with Gasteiger partial charge >= 0.3 is 18.0 Å². The van der Waals surface area contributed by atoms with Crippen molar-refractivity contribution in [2.75, 3.05) is 87.2 Å². The molecule has 0 fully saturated rings. The number of aliphatic carboxylic acids is 2. The number of nitrogens with one attached hydrogen (secondary N) is 6. The van der Waals surface area contributed by atoms with E-state index >= 15 is 0 Å². The van der Waals surface area contributed by atoms with E-state index in [0.29, 0.717) is 41.3 Å². The predicted molar refractivity (Wildman–Crippen MR) is 310 cm³/mol. The van der Waals surface area contributed by atoms with Gasteiger partial charge in [-0.2, -0.15) is 4.98 Å². The highest BCUT2D eigenvalue weighted by Crippen LogP contribution is 2.33. The summed E-state index contributed by atoms with van der Waals surface area (Å²) in [7, 11) is 2.51. The van der Waals surface area contributed by atoms with Crippen molar-refractivity contribution in [2.45, 2.75) is 84.5 Å². The Hall–Kier alpha value is -7.70. The third-order valence-electron chi connectivity index (χ3n) is 12.3. The number of ether oxygens (including phenoxy) is 4. The Kier molecular flexibility index (Phi) is 24.8. The van der Waals surface area contributed by atoms with Crippen LogP contribution in [0.15, 0.2) is 59.5 Å². The first kappa shape index (κ1) is 63.5. The van der Waals surface area contributed by atoms with Crippen molar-refractivity contribution in [2.24, 2.45) is 11.1 Å². The second kappa shape index (κ2) is 32.1. The van der Waals surface area contributed by atoms with Gasteiger partial charge in [-0.25, -0.2) is 34.3 Å². The molecular weight excluding hydrogens is 1100 g/mol. The third kappa shape index (κ3) is 19.8. The minimum absolute atomic E-state index is 0.0292. The maximum atomic E-state index is 13.0. The van der Waals surface area contributed by atoms with E-state index in [1.54, 1.807) is 12.1 Å². The molecule has 1 unspecified atom stereocenters. The number of unbranched alkanes of at least 4 members (excludes halogenated alkanes) is 1. The maximum absolute atomic E-state index is 13.0. The van der Waals surface area contributed by atoms with Crippen LogP contribution in [0.5, 0.6) is 0 Å². The van der Waals surface area contributed by atoms with Crippen molar-refractivity contribution in [1.29, 1.82) is 0 Å². The van der Waals surface area contributed by atoms with Gasteiger partial charge in [-0.1, -0.05) is 67.0 Å². The number of nitrogens with two attached hydrogens (primary N) is 2. The van der Waals surface area contributed by atoms with E-state index in [-0.39, 0.29) is 118 Å². The molecule has 2 atom stereocenters. The molecule has 0 saturated heterocycles. The van der Waals surface area contributed by atoms with E-state index in [9.17, 15) is 43.8 Å². The molecule has 4 aromatic heterocycles. The Morgan fingerprint density at radius 1 is 0.817 bits per heavy atom. The van der Waals surface area contributed by atoms with Gasteiger partial charge in [-0.3, -0.25) is 29.5 Å². The van der Waals surface area contributed by atoms with Crippen LogP contribution < -0.4 is 43.6 Å². The topological polar surface area (TPSA) is 394 Å². The minimum atomic E-state index is -1.32. The molecule has 29 heteroatoms. The number of benzene rings is 2. The predicted octanol–water partition coefficient (Wildman–Crippen LogP) is 3.85. The van der Waals surface area contributed by atoms with Crippen LogP contribution in [0.4, 0.5) is 22.2 Å². The lowest BCUT2D eigenvalue weighted by Gasteiger charge is -2.25. The molecule has 0 saturated carbocycles. The highest BCUT2D eigenvalue weighted by molar-refractivity contribution is 8.76. The number of para-hydroxylation sites is 1. The standard InChI is InChI=1S/C53H70N14O13S2/c1-4-5-10-39-63-42-44(67(39)31-53(2,3)30-54)35-8-6-7-9-36(35)61-46(42)65-52(76)80-25-26-81-82-29-38(50(74)75)60-41(69)17-19-77-21-23-79-24-22-78-20-18-56-40(68)16-15-37(49(72)73)62-47(70)32-11-13-33(14-12-32)57-27-34-28-58-45-43(59-34)48(71)66-51(55)64-45/h6-9,11-14,28,37-38,57H,4-5,10,15-27,29-31,54H2,1-3H3,(H,56,68)(H,60,69)(H,62,70)(H,72,73)(H,74,75)(H,61,65,76)(H3,55,58,64,66,71)/t37?,38-/m0/s1.